The molecule has 1 aromatic heterocycles. The third-order valence-electron chi connectivity index (χ3n) is 5.05. The molecule has 136 valence electrons. The Morgan fingerprint density at radius 1 is 1.12 bits per heavy atom. The van der Waals surface area contributed by atoms with Crippen molar-refractivity contribution in [1.82, 2.24) is 9.47 Å². The fourth-order valence-electron chi connectivity index (χ4n) is 3.30. The molecule has 26 heavy (non-hydrogen) atoms. The highest BCUT2D eigenvalue weighted by Gasteiger charge is 2.17. The number of thiocarbonyl (C=S) groups is 1. The number of rotatable bonds is 4. The zero-order chi connectivity index (χ0) is 18.8. The Hall–Kier alpha value is -2.33. The molecule has 0 radical (unpaired) electrons. The van der Waals surface area contributed by atoms with Crippen molar-refractivity contribution < 1.29 is 0 Å². The lowest BCUT2D eigenvalue weighted by atomic mass is 10.1. The largest absolute Gasteiger partial charge is 0.350 e. The lowest BCUT2D eigenvalue weighted by Crippen LogP contribution is -2.39. The predicted octanol–water partition coefficient (Wildman–Crippen LogP) is 5.40. The van der Waals surface area contributed by atoms with Gasteiger partial charge in [-0.3, -0.25) is 0 Å². The molecule has 4 heteroatoms. The van der Waals surface area contributed by atoms with Crippen molar-refractivity contribution in [2.45, 2.75) is 40.3 Å². The Bertz CT molecular complexity index is 940. The summed E-state index contributed by atoms with van der Waals surface area (Å²) < 4.78 is 2.18. The smallest absolute Gasteiger partial charge is 0.173 e. The second-order valence-corrected chi connectivity index (χ2v) is 7.57. The number of anilines is 1. The van der Waals surface area contributed by atoms with Gasteiger partial charge in [0.15, 0.2) is 5.11 Å². The van der Waals surface area contributed by atoms with Gasteiger partial charge in [-0.15, -0.1) is 0 Å². The lowest BCUT2D eigenvalue weighted by molar-refractivity contribution is 0.349. The van der Waals surface area contributed by atoms with Crippen LogP contribution < -0.4 is 5.32 Å². The van der Waals surface area contributed by atoms with E-state index < -0.39 is 0 Å². The van der Waals surface area contributed by atoms with Crippen LogP contribution in [-0.4, -0.2) is 20.6 Å². The average molecular weight is 366 g/mol. The lowest BCUT2D eigenvalue weighted by Gasteiger charge is -2.30. The Balaban J connectivity index is 1.87. The van der Waals surface area contributed by atoms with Gasteiger partial charge in [0, 0.05) is 42.4 Å². The Labute approximate surface area is 161 Å². The van der Waals surface area contributed by atoms with E-state index in [9.17, 15) is 0 Å². The van der Waals surface area contributed by atoms with Crippen LogP contribution in [0.25, 0.3) is 10.9 Å². The Kier molecular flexibility index (Phi) is 5.33. The third-order valence-corrected chi connectivity index (χ3v) is 5.39. The number of benzene rings is 2. The van der Waals surface area contributed by atoms with Gasteiger partial charge in [-0.25, -0.2) is 0 Å². The first-order chi connectivity index (χ1) is 12.4. The summed E-state index contributed by atoms with van der Waals surface area (Å²) in [5.74, 6) is 0. The number of fused-ring (bicyclic) bond motifs is 1. The first-order valence-electron chi connectivity index (χ1n) is 9.05. The summed E-state index contributed by atoms with van der Waals surface area (Å²) in [6, 6.07) is 15.1. The first-order valence-corrected chi connectivity index (χ1v) is 9.46. The molecular formula is C22H27N3S. The number of nitrogens with one attached hydrogen (secondary N) is 1. The summed E-state index contributed by atoms with van der Waals surface area (Å²) in [7, 11) is 2.10. The molecule has 1 N–H and O–H groups in total. The number of para-hydroxylation sites is 1. The number of hydrogen-bond donors (Lipinski definition) is 1. The quantitative estimate of drug-likeness (QED) is 0.625. The molecule has 3 aromatic rings. The van der Waals surface area contributed by atoms with Gasteiger partial charge in [0.1, 0.15) is 0 Å². The number of aryl methyl sites for hydroxylation is 2. The maximum absolute atomic E-state index is 5.77. The molecule has 0 bridgehead atoms. The summed E-state index contributed by atoms with van der Waals surface area (Å²) in [6.07, 6.45) is 2.21. The van der Waals surface area contributed by atoms with Crippen LogP contribution in [0, 0.1) is 13.8 Å². The molecule has 0 amide bonds. The molecule has 3 rings (SSSR count). The van der Waals surface area contributed by atoms with Gasteiger partial charge in [0.2, 0.25) is 0 Å². The first kappa shape index (κ1) is 18.5. The molecule has 3 nitrogen and oxygen atoms in total. The maximum atomic E-state index is 5.77. The van der Waals surface area contributed by atoms with Gasteiger partial charge >= 0.3 is 0 Å². The van der Waals surface area contributed by atoms with E-state index in [4.69, 9.17) is 12.2 Å². The third kappa shape index (κ3) is 3.61. The van der Waals surface area contributed by atoms with Gasteiger partial charge in [-0.1, -0.05) is 30.3 Å². The van der Waals surface area contributed by atoms with Crippen LogP contribution in [-0.2, 0) is 13.6 Å². The molecule has 1 heterocycles. The highest BCUT2D eigenvalue weighted by atomic mass is 32.1. The van der Waals surface area contributed by atoms with E-state index in [2.05, 4.69) is 98.2 Å². The van der Waals surface area contributed by atoms with E-state index in [-0.39, 0.29) is 0 Å². The number of hydrogen-bond acceptors (Lipinski definition) is 1. The summed E-state index contributed by atoms with van der Waals surface area (Å²) in [5.41, 5.74) is 6.13. The SMILES string of the molecule is Cc1cccc(NC(=S)N(Cc2cn(C)c3ccccc23)C(C)C)c1C. The van der Waals surface area contributed by atoms with Crippen molar-refractivity contribution in [3.8, 4) is 0 Å². The topological polar surface area (TPSA) is 20.2 Å². The molecule has 0 saturated carbocycles. The average Bonchev–Trinajstić information content (AvgIpc) is 2.93. The van der Waals surface area contributed by atoms with Crippen LogP contribution >= 0.6 is 12.2 Å². The van der Waals surface area contributed by atoms with E-state index in [1.54, 1.807) is 0 Å². The maximum Gasteiger partial charge on any atom is 0.173 e. The number of nitrogens with zero attached hydrogens (tertiary/aromatic N) is 2. The second kappa shape index (κ2) is 7.50. The molecule has 0 atom stereocenters. The second-order valence-electron chi connectivity index (χ2n) is 7.18. The summed E-state index contributed by atoms with van der Waals surface area (Å²) in [6.45, 7) is 9.41. The molecule has 0 fully saturated rings. The summed E-state index contributed by atoms with van der Waals surface area (Å²) >= 11 is 5.77. The van der Waals surface area contributed by atoms with Crippen LogP contribution in [0.3, 0.4) is 0 Å². The summed E-state index contributed by atoms with van der Waals surface area (Å²) in [5, 5.41) is 5.51. The van der Waals surface area contributed by atoms with E-state index in [0.717, 1.165) is 17.3 Å². The fraction of sp³-hybridized carbons (Fsp3) is 0.318. The minimum Gasteiger partial charge on any atom is -0.350 e. The molecule has 0 unspecified atom stereocenters. The van der Waals surface area contributed by atoms with Crippen molar-refractivity contribution in [3.63, 3.8) is 0 Å². The molecule has 0 aliphatic rings. The van der Waals surface area contributed by atoms with Gasteiger partial charge < -0.3 is 14.8 Å². The zero-order valence-corrected chi connectivity index (χ0v) is 17.0. The molecule has 0 aliphatic carbocycles. The normalized spacial score (nSPS) is 11.2. The molecule has 0 spiro atoms. The van der Waals surface area contributed by atoms with Crippen LogP contribution in [0.5, 0.6) is 0 Å². The zero-order valence-electron chi connectivity index (χ0n) is 16.2. The van der Waals surface area contributed by atoms with Crippen molar-refractivity contribution >= 4 is 33.9 Å². The Morgan fingerprint density at radius 3 is 2.58 bits per heavy atom. The van der Waals surface area contributed by atoms with Crippen molar-refractivity contribution in [2.75, 3.05) is 5.32 Å². The van der Waals surface area contributed by atoms with Crippen molar-refractivity contribution in [3.05, 3.63) is 65.4 Å². The Morgan fingerprint density at radius 2 is 1.85 bits per heavy atom. The van der Waals surface area contributed by atoms with Crippen molar-refractivity contribution in [1.29, 1.82) is 0 Å². The molecule has 2 aromatic carbocycles. The van der Waals surface area contributed by atoms with Gasteiger partial charge in [-0.2, -0.15) is 0 Å². The van der Waals surface area contributed by atoms with Crippen LogP contribution in [0.2, 0.25) is 0 Å². The number of aromatic nitrogens is 1. The van der Waals surface area contributed by atoms with Crippen LogP contribution in [0.1, 0.15) is 30.5 Å². The van der Waals surface area contributed by atoms with Crippen LogP contribution in [0.4, 0.5) is 5.69 Å². The molecular weight excluding hydrogens is 338 g/mol. The van der Waals surface area contributed by atoms with Crippen LogP contribution in [0.15, 0.2) is 48.7 Å². The fourth-order valence-corrected chi connectivity index (χ4v) is 3.68. The van der Waals surface area contributed by atoms with E-state index in [1.807, 2.05) is 0 Å². The molecule has 0 saturated heterocycles. The summed E-state index contributed by atoms with van der Waals surface area (Å²) in [4.78, 5) is 2.25. The minimum absolute atomic E-state index is 0.305. The van der Waals surface area contributed by atoms with Gasteiger partial charge in [0.25, 0.3) is 0 Å². The standard InChI is InChI=1S/C22H27N3S/c1-15(2)25(22(26)23-20-11-8-9-16(3)17(20)4)14-18-13-24(5)21-12-7-6-10-19(18)21/h6-13,15H,14H2,1-5H3,(H,23,26). The van der Waals surface area contributed by atoms with Crippen molar-refractivity contribution in [2.24, 2.45) is 7.05 Å². The highest BCUT2D eigenvalue weighted by Crippen LogP contribution is 2.24. The van der Waals surface area contributed by atoms with Gasteiger partial charge in [0.05, 0.1) is 0 Å². The van der Waals surface area contributed by atoms with E-state index in [0.29, 0.717) is 6.04 Å². The van der Waals surface area contributed by atoms with E-state index >= 15 is 0 Å². The van der Waals surface area contributed by atoms with E-state index in [1.165, 1.54) is 27.6 Å². The highest BCUT2D eigenvalue weighted by molar-refractivity contribution is 7.80. The molecule has 0 aliphatic heterocycles. The monoisotopic (exact) mass is 365 g/mol. The van der Waals surface area contributed by atoms with Gasteiger partial charge in [-0.05, 0) is 68.7 Å². The minimum atomic E-state index is 0.305. The predicted molar refractivity (Wildman–Crippen MR) is 116 cm³/mol.